The van der Waals surface area contributed by atoms with Gasteiger partial charge in [-0.1, -0.05) is 19.4 Å². The number of fused-ring (bicyclic) bond motifs is 1. The third-order valence-corrected chi connectivity index (χ3v) is 5.31. The Morgan fingerprint density at radius 2 is 2.17 bits per heavy atom. The molecule has 0 amide bonds. The Bertz CT molecular complexity index is 908. The molecule has 3 heterocycles. The van der Waals surface area contributed by atoms with Crippen LogP contribution in [0.2, 0.25) is 0 Å². The summed E-state index contributed by atoms with van der Waals surface area (Å²) in [6.45, 7) is 2.21. The zero-order chi connectivity index (χ0) is 15.6. The molecule has 0 atom stereocenters. The van der Waals surface area contributed by atoms with E-state index in [-0.39, 0.29) is 0 Å². The van der Waals surface area contributed by atoms with E-state index in [2.05, 4.69) is 57.1 Å². The molecule has 0 fully saturated rings. The highest BCUT2D eigenvalue weighted by molar-refractivity contribution is 7.14. The van der Waals surface area contributed by atoms with Crippen molar-refractivity contribution in [1.29, 1.82) is 0 Å². The van der Waals surface area contributed by atoms with Crippen molar-refractivity contribution in [2.75, 3.05) is 5.32 Å². The number of hydrogen-bond donors (Lipinski definition) is 2. The van der Waals surface area contributed by atoms with Crippen LogP contribution in [0.4, 0.5) is 10.9 Å². The molecule has 0 unspecified atom stereocenters. The lowest BCUT2D eigenvalue weighted by atomic mass is 10.0. The molecule has 23 heavy (non-hydrogen) atoms. The lowest BCUT2D eigenvalue weighted by molar-refractivity contribution is 0.924. The second-order valence-electron chi connectivity index (χ2n) is 5.33. The Hall–Kier alpha value is -2.18. The number of aryl methyl sites for hydroxylation is 1. The number of H-pyrrole nitrogens is 1. The van der Waals surface area contributed by atoms with Crippen LogP contribution in [0.5, 0.6) is 0 Å². The summed E-state index contributed by atoms with van der Waals surface area (Å²) in [4.78, 5) is 5.55. The van der Waals surface area contributed by atoms with Crippen LogP contribution in [0.25, 0.3) is 21.3 Å². The number of hydrogen-bond acceptors (Lipinski definition) is 5. The van der Waals surface area contributed by atoms with Crippen LogP contribution in [0.3, 0.4) is 0 Å². The van der Waals surface area contributed by atoms with Crippen molar-refractivity contribution in [3.8, 4) is 10.4 Å². The van der Waals surface area contributed by atoms with E-state index in [0.29, 0.717) is 0 Å². The molecule has 4 rings (SSSR count). The van der Waals surface area contributed by atoms with E-state index in [0.717, 1.165) is 34.7 Å². The lowest BCUT2D eigenvalue weighted by Crippen LogP contribution is -1.91. The summed E-state index contributed by atoms with van der Waals surface area (Å²) < 4.78 is 0. The molecule has 0 aliphatic heterocycles. The van der Waals surface area contributed by atoms with Gasteiger partial charge in [0.15, 0.2) is 10.9 Å². The SMILES string of the molecule is CCCc1cc(-c2cccs2)c2[nH]nc(Nc3nccs3)c2c1. The summed E-state index contributed by atoms with van der Waals surface area (Å²) >= 11 is 3.33. The normalized spacial score (nSPS) is 11.2. The van der Waals surface area contributed by atoms with Gasteiger partial charge in [0.2, 0.25) is 0 Å². The van der Waals surface area contributed by atoms with Crippen LogP contribution >= 0.6 is 22.7 Å². The van der Waals surface area contributed by atoms with Crippen LogP contribution in [-0.2, 0) is 6.42 Å². The highest BCUT2D eigenvalue weighted by Crippen LogP contribution is 2.35. The van der Waals surface area contributed by atoms with Gasteiger partial charge in [-0.15, -0.1) is 22.7 Å². The van der Waals surface area contributed by atoms with Crippen LogP contribution < -0.4 is 5.32 Å². The summed E-state index contributed by atoms with van der Waals surface area (Å²) in [7, 11) is 0. The molecule has 3 aromatic heterocycles. The predicted octanol–water partition coefficient (Wildman–Crippen LogP) is 5.44. The fraction of sp³-hybridized carbons (Fsp3) is 0.176. The van der Waals surface area contributed by atoms with Gasteiger partial charge in [-0.2, -0.15) is 5.10 Å². The topological polar surface area (TPSA) is 53.6 Å². The standard InChI is InChI=1S/C17H16N4S2/c1-2-4-11-9-12(14-5-3-7-22-14)15-13(10-11)16(21-20-15)19-17-18-6-8-23-17/h3,5-10H,2,4H2,1H3,(H2,18,19,20,21). The van der Waals surface area contributed by atoms with Gasteiger partial charge in [-0.05, 0) is 35.6 Å². The number of rotatable bonds is 5. The molecule has 116 valence electrons. The molecule has 0 saturated carbocycles. The summed E-state index contributed by atoms with van der Waals surface area (Å²) in [6, 6.07) is 8.76. The second-order valence-corrected chi connectivity index (χ2v) is 7.17. The fourth-order valence-electron chi connectivity index (χ4n) is 2.72. The third-order valence-electron chi connectivity index (χ3n) is 3.72. The monoisotopic (exact) mass is 340 g/mol. The van der Waals surface area contributed by atoms with Crippen LogP contribution in [0.1, 0.15) is 18.9 Å². The fourth-order valence-corrected chi connectivity index (χ4v) is 4.00. The van der Waals surface area contributed by atoms with E-state index in [1.165, 1.54) is 16.0 Å². The maximum atomic E-state index is 4.48. The molecule has 6 heteroatoms. The van der Waals surface area contributed by atoms with Crippen molar-refractivity contribution >= 4 is 44.5 Å². The van der Waals surface area contributed by atoms with Gasteiger partial charge in [0.05, 0.1) is 5.52 Å². The number of nitrogens with zero attached hydrogens (tertiary/aromatic N) is 2. The zero-order valence-electron chi connectivity index (χ0n) is 12.7. The van der Waals surface area contributed by atoms with Gasteiger partial charge in [0, 0.05) is 27.4 Å². The van der Waals surface area contributed by atoms with Crippen molar-refractivity contribution in [3.63, 3.8) is 0 Å². The minimum Gasteiger partial charge on any atom is -0.314 e. The Kier molecular flexibility index (Phi) is 3.85. The number of thiazole rings is 1. The summed E-state index contributed by atoms with van der Waals surface area (Å²) in [6.07, 6.45) is 3.99. The van der Waals surface area contributed by atoms with Crippen LogP contribution in [0.15, 0.2) is 41.2 Å². The highest BCUT2D eigenvalue weighted by Gasteiger charge is 2.14. The smallest absolute Gasteiger partial charge is 0.188 e. The summed E-state index contributed by atoms with van der Waals surface area (Å²) in [5.41, 5.74) is 3.64. The Labute approximate surface area is 142 Å². The number of thiophene rings is 1. The Morgan fingerprint density at radius 3 is 2.91 bits per heavy atom. The first-order valence-electron chi connectivity index (χ1n) is 7.56. The lowest BCUT2D eigenvalue weighted by Gasteiger charge is -2.06. The average Bonchev–Trinajstić information content (AvgIpc) is 3.29. The van der Waals surface area contributed by atoms with E-state index < -0.39 is 0 Å². The zero-order valence-corrected chi connectivity index (χ0v) is 14.3. The van der Waals surface area contributed by atoms with Crippen molar-refractivity contribution in [2.24, 2.45) is 0 Å². The maximum Gasteiger partial charge on any atom is 0.188 e. The van der Waals surface area contributed by atoms with Crippen molar-refractivity contribution < 1.29 is 0 Å². The molecular formula is C17H16N4S2. The largest absolute Gasteiger partial charge is 0.314 e. The number of nitrogens with one attached hydrogen (secondary N) is 2. The van der Waals surface area contributed by atoms with Crippen molar-refractivity contribution in [3.05, 3.63) is 46.8 Å². The van der Waals surface area contributed by atoms with Crippen molar-refractivity contribution in [2.45, 2.75) is 19.8 Å². The van der Waals surface area contributed by atoms with E-state index >= 15 is 0 Å². The number of aromatic nitrogens is 3. The van der Waals surface area contributed by atoms with Gasteiger partial charge < -0.3 is 5.32 Å². The van der Waals surface area contributed by atoms with Gasteiger partial charge in [0.25, 0.3) is 0 Å². The summed E-state index contributed by atoms with van der Waals surface area (Å²) in [5.74, 6) is 0.839. The maximum absolute atomic E-state index is 4.48. The molecule has 0 aliphatic carbocycles. The van der Waals surface area contributed by atoms with Gasteiger partial charge in [0.1, 0.15) is 0 Å². The first-order chi connectivity index (χ1) is 11.3. The Balaban J connectivity index is 1.87. The molecule has 0 spiro atoms. The second kappa shape index (κ2) is 6.14. The third kappa shape index (κ3) is 2.75. The van der Waals surface area contributed by atoms with E-state index in [1.807, 2.05) is 5.38 Å². The predicted molar refractivity (Wildman–Crippen MR) is 98.8 cm³/mol. The molecule has 1 aromatic carbocycles. The number of aromatic amines is 1. The number of anilines is 2. The molecule has 0 saturated heterocycles. The quantitative estimate of drug-likeness (QED) is 0.508. The van der Waals surface area contributed by atoms with E-state index in [9.17, 15) is 0 Å². The van der Waals surface area contributed by atoms with Crippen LogP contribution in [-0.4, -0.2) is 15.2 Å². The van der Waals surface area contributed by atoms with Gasteiger partial charge >= 0.3 is 0 Å². The van der Waals surface area contributed by atoms with Crippen LogP contribution in [0, 0.1) is 0 Å². The molecule has 0 aliphatic rings. The number of benzene rings is 1. The van der Waals surface area contributed by atoms with E-state index in [4.69, 9.17) is 0 Å². The average molecular weight is 340 g/mol. The van der Waals surface area contributed by atoms with Gasteiger partial charge in [-0.3, -0.25) is 5.10 Å². The summed E-state index contributed by atoms with van der Waals surface area (Å²) in [5, 5.41) is 17.0. The molecular weight excluding hydrogens is 324 g/mol. The minimum absolute atomic E-state index is 0.839. The van der Waals surface area contributed by atoms with Gasteiger partial charge in [-0.25, -0.2) is 4.98 Å². The first kappa shape index (κ1) is 14.4. The highest BCUT2D eigenvalue weighted by atomic mass is 32.1. The molecule has 4 aromatic rings. The molecule has 0 bridgehead atoms. The minimum atomic E-state index is 0.839. The molecule has 4 nitrogen and oxygen atoms in total. The first-order valence-corrected chi connectivity index (χ1v) is 9.32. The molecule has 0 radical (unpaired) electrons. The van der Waals surface area contributed by atoms with Crippen molar-refractivity contribution in [1.82, 2.24) is 15.2 Å². The molecule has 2 N–H and O–H groups in total. The Morgan fingerprint density at radius 1 is 1.22 bits per heavy atom. The van der Waals surface area contributed by atoms with E-state index in [1.54, 1.807) is 28.9 Å².